The van der Waals surface area contributed by atoms with Gasteiger partial charge in [-0.1, -0.05) is 6.92 Å². The second-order valence-corrected chi connectivity index (χ2v) is 5.72. The molecule has 3 N–H and O–H groups in total. The van der Waals surface area contributed by atoms with Crippen LogP contribution in [0, 0.1) is 0 Å². The van der Waals surface area contributed by atoms with Crippen molar-refractivity contribution in [1.82, 2.24) is 5.32 Å². The molecule has 5 heteroatoms. The van der Waals surface area contributed by atoms with E-state index in [-0.39, 0.29) is 19.1 Å². The summed E-state index contributed by atoms with van der Waals surface area (Å²) >= 11 is 1.92. The minimum absolute atomic E-state index is 0.101. The average Bonchev–Trinajstić information content (AvgIpc) is 2.33. The van der Waals surface area contributed by atoms with Gasteiger partial charge in [-0.05, 0) is 37.7 Å². The highest BCUT2D eigenvalue weighted by atomic mass is 32.2. The van der Waals surface area contributed by atoms with Crippen LogP contribution < -0.4 is 5.32 Å². The van der Waals surface area contributed by atoms with Gasteiger partial charge in [0.1, 0.15) is 0 Å². The summed E-state index contributed by atoms with van der Waals surface area (Å²) in [5.41, 5.74) is -0.895. The largest absolute Gasteiger partial charge is 0.394 e. The summed E-state index contributed by atoms with van der Waals surface area (Å²) in [5.74, 6) is 2.17. The Labute approximate surface area is 108 Å². The molecule has 0 aromatic heterocycles. The van der Waals surface area contributed by atoms with Crippen LogP contribution >= 0.6 is 11.8 Å². The smallest absolute Gasteiger partial charge is 0.220 e. The molecule has 0 aromatic carbocycles. The molecule has 102 valence electrons. The quantitative estimate of drug-likeness (QED) is 0.517. The van der Waals surface area contributed by atoms with Crippen LogP contribution in [0.1, 0.15) is 39.5 Å². The Morgan fingerprint density at radius 2 is 1.88 bits per heavy atom. The molecule has 0 rings (SSSR count). The first-order valence-corrected chi connectivity index (χ1v) is 7.34. The molecule has 0 unspecified atom stereocenters. The molecular weight excluding hydrogens is 238 g/mol. The summed E-state index contributed by atoms with van der Waals surface area (Å²) in [6.07, 6.45) is 3.54. The minimum Gasteiger partial charge on any atom is -0.394 e. The summed E-state index contributed by atoms with van der Waals surface area (Å²) in [6, 6.07) is 0. The standard InChI is InChI=1S/C12H25NO3S/c1-3-7-17-8-5-4-6-11(16)13-12(2,9-14)10-15/h14-15H,3-10H2,1-2H3,(H,13,16). The number of aliphatic hydroxyl groups excluding tert-OH is 2. The highest BCUT2D eigenvalue weighted by molar-refractivity contribution is 7.99. The first-order chi connectivity index (χ1) is 8.08. The van der Waals surface area contributed by atoms with Crippen molar-refractivity contribution < 1.29 is 15.0 Å². The minimum atomic E-state index is -0.895. The lowest BCUT2D eigenvalue weighted by Crippen LogP contribution is -2.51. The molecule has 0 fully saturated rings. The fourth-order valence-electron chi connectivity index (χ4n) is 1.26. The van der Waals surface area contributed by atoms with Gasteiger partial charge in [0.05, 0.1) is 18.8 Å². The lowest BCUT2D eigenvalue weighted by atomic mass is 10.1. The molecule has 17 heavy (non-hydrogen) atoms. The number of unbranched alkanes of at least 4 members (excludes halogenated alkanes) is 1. The second kappa shape index (κ2) is 9.74. The predicted octanol–water partition coefficient (Wildman–Crippen LogP) is 1.16. The van der Waals surface area contributed by atoms with Crippen molar-refractivity contribution in [3.05, 3.63) is 0 Å². The maximum atomic E-state index is 11.5. The monoisotopic (exact) mass is 263 g/mol. The Balaban J connectivity index is 3.59. The van der Waals surface area contributed by atoms with Gasteiger partial charge in [0, 0.05) is 6.42 Å². The molecule has 4 nitrogen and oxygen atoms in total. The SMILES string of the molecule is CCCSCCCCC(=O)NC(C)(CO)CO. The maximum Gasteiger partial charge on any atom is 0.220 e. The van der Waals surface area contributed by atoms with Crippen molar-refractivity contribution in [1.29, 1.82) is 0 Å². The molecular formula is C12H25NO3S. The first-order valence-electron chi connectivity index (χ1n) is 6.18. The van der Waals surface area contributed by atoms with Gasteiger partial charge >= 0.3 is 0 Å². The van der Waals surface area contributed by atoms with Gasteiger partial charge in [0.15, 0.2) is 0 Å². The van der Waals surface area contributed by atoms with E-state index in [0.29, 0.717) is 6.42 Å². The maximum absolute atomic E-state index is 11.5. The van der Waals surface area contributed by atoms with Gasteiger partial charge in [-0.3, -0.25) is 4.79 Å². The number of carbonyl (C=O) groups excluding carboxylic acids is 1. The molecule has 0 spiro atoms. The zero-order chi connectivity index (χ0) is 13.1. The summed E-state index contributed by atoms with van der Waals surface area (Å²) < 4.78 is 0. The number of amides is 1. The second-order valence-electron chi connectivity index (χ2n) is 4.49. The van der Waals surface area contributed by atoms with Crippen LogP contribution in [0.5, 0.6) is 0 Å². The van der Waals surface area contributed by atoms with Crippen LogP contribution in [0.2, 0.25) is 0 Å². The fourth-order valence-corrected chi connectivity index (χ4v) is 2.17. The summed E-state index contributed by atoms with van der Waals surface area (Å²) in [7, 11) is 0. The number of hydrogen-bond donors (Lipinski definition) is 3. The first kappa shape index (κ1) is 16.7. The Hall–Kier alpha value is -0.260. The molecule has 0 saturated carbocycles. The Morgan fingerprint density at radius 1 is 1.24 bits per heavy atom. The van der Waals surface area contributed by atoms with Crippen molar-refractivity contribution >= 4 is 17.7 Å². The average molecular weight is 263 g/mol. The molecule has 0 saturated heterocycles. The highest BCUT2D eigenvalue weighted by Gasteiger charge is 2.23. The highest BCUT2D eigenvalue weighted by Crippen LogP contribution is 2.08. The van der Waals surface area contributed by atoms with Gasteiger partial charge in [-0.25, -0.2) is 0 Å². The molecule has 0 bridgehead atoms. The van der Waals surface area contributed by atoms with Crippen molar-refractivity contribution in [2.75, 3.05) is 24.7 Å². The summed E-state index contributed by atoms with van der Waals surface area (Å²) in [4.78, 5) is 11.5. The number of hydrogen-bond acceptors (Lipinski definition) is 4. The van der Waals surface area contributed by atoms with Crippen LogP contribution in [0.15, 0.2) is 0 Å². The lowest BCUT2D eigenvalue weighted by molar-refractivity contribution is -0.124. The zero-order valence-corrected chi connectivity index (χ0v) is 11.7. The van der Waals surface area contributed by atoms with Crippen LogP contribution in [0.4, 0.5) is 0 Å². The van der Waals surface area contributed by atoms with Crippen LogP contribution in [-0.2, 0) is 4.79 Å². The third-order valence-electron chi connectivity index (χ3n) is 2.43. The predicted molar refractivity (Wildman–Crippen MR) is 72.2 cm³/mol. The van der Waals surface area contributed by atoms with Gasteiger partial charge in [-0.15, -0.1) is 0 Å². The molecule has 0 aromatic rings. The normalized spacial score (nSPS) is 11.5. The van der Waals surface area contributed by atoms with E-state index >= 15 is 0 Å². The van der Waals surface area contributed by atoms with Crippen LogP contribution in [-0.4, -0.2) is 46.4 Å². The molecule has 0 atom stereocenters. The van der Waals surface area contributed by atoms with E-state index in [2.05, 4.69) is 12.2 Å². The number of nitrogens with one attached hydrogen (secondary N) is 1. The van der Waals surface area contributed by atoms with Crippen molar-refractivity contribution in [3.63, 3.8) is 0 Å². The Kier molecular flexibility index (Phi) is 9.59. The lowest BCUT2D eigenvalue weighted by Gasteiger charge is -2.26. The van der Waals surface area contributed by atoms with Gasteiger partial charge in [0.2, 0.25) is 5.91 Å². The van der Waals surface area contributed by atoms with E-state index in [1.54, 1.807) is 6.92 Å². The molecule has 1 amide bonds. The summed E-state index contributed by atoms with van der Waals surface area (Å²) in [6.45, 7) is 3.29. The van der Waals surface area contributed by atoms with Crippen molar-refractivity contribution in [2.24, 2.45) is 0 Å². The van der Waals surface area contributed by atoms with E-state index in [0.717, 1.165) is 18.6 Å². The van der Waals surface area contributed by atoms with E-state index in [9.17, 15) is 4.79 Å². The van der Waals surface area contributed by atoms with Crippen LogP contribution in [0.3, 0.4) is 0 Å². The van der Waals surface area contributed by atoms with E-state index in [4.69, 9.17) is 10.2 Å². The van der Waals surface area contributed by atoms with Crippen molar-refractivity contribution in [2.45, 2.75) is 45.1 Å². The van der Waals surface area contributed by atoms with Gasteiger partial charge < -0.3 is 15.5 Å². The van der Waals surface area contributed by atoms with Crippen molar-refractivity contribution in [3.8, 4) is 0 Å². The zero-order valence-electron chi connectivity index (χ0n) is 10.9. The third kappa shape index (κ3) is 8.46. The Morgan fingerprint density at radius 3 is 2.41 bits per heavy atom. The number of rotatable bonds is 10. The van der Waals surface area contributed by atoms with Crippen LogP contribution in [0.25, 0.3) is 0 Å². The number of thioether (sulfide) groups is 1. The summed E-state index contributed by atoms with van der Waals surface area (Å²) in [5, 5.41) is 20.7. The topological polar surface area (TPSA) is 69.6 Å². The molecule has 0 aliphatic heterocycles. The Bertz CT molecular complexity index is 208. The fraction of sp³-hybridized carbons (Fsp3) is 0.917. The molecule has 0 radical (unpaired) electrons. The molecule has 0 aliphatic carbocycles. The van der Waals surface area contributed by atoms with Gasteiger partial charge in [-0.2, -0.15) is 11.8 Å². The number of aliphatic hydroxyl groups is 2. The van der Waals surface area contributed by atoms with E-state index in [1.165, 1.54) is 12.2 Å². The van der Waals surface area contributed by atoms with E-state index in [1.807, 2.05) is 11.8 Å². The molecule has 0 heterocycles. The third-order valence-corrected chi connectivity index (χ3v) is 3.70. The van der Waals surface area contributed by atoms with Gasteiger partial charge in [0.25, 0.3) is 0 Å². The molecule has 0 aliphatic rings. The number of carbonyl (C=O) groups is 1. The van der Waals surface area contributed by atoms with E-state index < -0.39 is 5.54 Å².